The summed E-state index contributed by atoms with van der Waals surface area (Å²) < 4.78 is 55.2. The van der Waals surface area contributed by atoms with Crippen LogP contribution in [0.3, 0.4) is 0 Å². The summed E-state index contributed by atoms with van der Waals surface area (Å²) in [5.74, 6) is 2.66. The highest BCUT2D eigenvalue weighted by molar-refractivity contribution is 5.80. The summed E-state index contributed by atoms with van der Waals surface area (Å²) >= 11 is 0. The molecule has 0 saturated carbocycles. The first-order chi connectivity index (χ1) is 14.7. The second kappa shape index (κ2) is 11.3. The third-order valence-electron chi connectivity index (χ3n) is 5.41. The quantitative estimate of drug-likeness (QED) is 0.490. The number of nitrogens with one attached hydrogen (secondary N) is 1. The van der Waals surface area contributed by atoms with Crippen molar-refractivity contribution < 1.29 is 27.4 Å². The van der Waals surface area contributed by atoms with E-state index in [-0.39, 0.29) is 0 Å². The number of ether oxygens (including phenoxy) is 3. The fourth-order valence-corrected chi connectivity index (χ4v) is 3.55. The molecule has 10 heteroatoms. The SMILES string of the molecule is CCNC(=NCCc1c(OC)cc(OC)cc1OC)N1CCN(C(C)C(F)(F)F)CC1. The van der Waals surface area contributed by atoms with Gasteiger partial charge in [-0.2, -0.15) is 13.2 Å². The normalized spacial score (nSPS) is 16.8. The molecule has 0 radical (unpaired) electrons. The molecule has 1 aromatic rings. The van der Waals surface area contributed by atoms with Crippen LogP contribution in [0.1, 0.15) is 19.4 Å². The topological polar surface area (TPSA) is 58.6 Å². The summed E-state index contributed by atoms with van der Waals surface area (Å²) in [7, 11) is 4.76. The molecule has 0 amide bonds. The lowest BCUT2D eigenvalue weighted by atomic mass is 10.1. The van der Waals surface area contributed by atoms with Gasteiger partial charge in [-0.3, -0.25) is 9.89 Å². The molecule has 0 spiro atoms. The molecule has 0 bridgehead atoms. The lowest BCUT2D eigenvalue weighted by Crippen LogP contribution is -2.56. The highest BCUT2D eigenvalue weighted by Gasteiger charge is 2.41. The molecule has 1 fully saturated rings. The fourth-order valence-electron chi connectivity index (χ4n) is 3.55. The van der Waals surface area contributed by atoms with Gasteiger partial charge in [-0.25, -0.2) is 0 Å². The van der Waals surface area contributed by atoms with Crippen LogP contribution in [0.4, 0.5) is 13.2 Å². The first-order valence-electron chi connectivity index (χ1n) is 10.4. The molecule has 1 atom stereocenters. The zero-order valence-electron chi connectivity index (χ0n) is 18.9. The van der Waals surface area contributed by atoms with Crippen LogP contribution >= 0.6 is 0 Å². The van der Waals surface area contributed by atoms with Crippen LogP contribution in [0.25, 0.3) is 0 Å². The molecule has 1 aliphatic heterocycles. The van der Waals surface area contributed by atoms with Crippen LogP contribution in [0.2, 0.25) is 0 Å². The van der Waals surface area contributed by atoms with E-state index in [1.54, 1.807) is 33.5 Å². The minimum absolute atomic E-state index is 0.339. The van der Waals surface area contributed by atoms with E-state index in [9.17, 15) is 13.2 Å². The van der Waals surface area contributed by atoms with Crippen molar-refractivity contribution in [1.29, 1.82) is 0 Å². The van der Waals surface area contributed by atoms with Crippen molar-refractivity contribution in [2.45, 2.75) is 32.5 Å². The van der Waals surface area contributed by atoms with E-state index in [4.69, 9.17) is 19.2 Å². The van der Waals surface area contributed by atoms with Crippen molar-refractivity contribution in [3.05, 3.63) is 17.7 Å². The van der Waals surface area contributed by atoms with Crippen molar-refractivity contribution in [3.8, 4) is 17.2 Å². The highest BCUT2D eigenvalue weighted by atomic mass is 19.4. The number of nitrogens with zero attached hydrogens (tertiary/aromatic N) is 3. The van der Waals surface area contributed by atoms with Crippen LogP contribution < -0.4 is 19.5 Å². The Morgan fingerprint density at radius 2 is 1.65 bits per heavy atom. The minimum atomic E-state index is -4.21. The lowest BCUT2D eigenvalue weighted by Gasteiger charge is -2.39. The van der Waals surface area contributed by atoms with Gasteiger partial charge in [0.15, 0.2) is 5.96 Å². The van der Waals surface area contributed by atoms with E-state index >= 15 is 0 Å². The van der Waals surface area contributed by atoms with Crippen molar-refractivity contribution >= 4 is 5.96 Å². The Kier molecular flexibility index (Phi) is 9.09. The molecule has 1 unspecified atom stereocenters. The summed E-state index contributed by atoms with van der Waals surface area (Å²) in [5, 5.41) is 3.24. The molecule has 176 valence electrons. The number of guanidine groups is 1. The zero-order chi connectivity index (χ0) is 23.0. The van der Waals surface area contributed by atoms with E-state index in [2.05, 4.69) is 5.32 Å². The van der Waals surface area contributed by atoms with Gasteiger partial charge in [-0.05, 0) is 20.3 Å². The van der Waals surface area contributed by atoms with Gasteiger partial charge in [0.25, 0.3) is 0 Å². The molecular weight excluding hydrogens is 413 g/mol. The second-order valence-electron chi connectivity index (χ2n) is 7.24. The average molecular weight is 447 g/mol. The third kappa shape index (κ3) is 6.56. The van der Waals surface area contributed by atoms with Crippen molar-refractivity contribution in [3.63, 3.8) is 0 Å². The number of alkyl halides is 3. The maximum atomic E-state index is 13.0. The first kappa shape index (κ1) is 24.9. The van der Waals surface area contributed by atoms with Gasteiger partial charge in [-0.1, -0.05) is 0 Å². The standard InChI is InChI=1S/C21H33F3N4O3/c1-6-25-20(28-11-9-27(10-12-28)15(2)21(22,23)24)26-8-7-17-18(30-4)13-16(29-3)14-19(17)31-5/h13-15H,6-12H2,1-5H3,(H,25,26). The highest BCUT2D eigenvalue weighted by Crippen LogP contribution is 2.34. The maximum absolute atomic E-state index is 13.0. The van der Waals surface area contributed by atoms with Gasteiger partial charge in [0.1, 0.15) is 23.3 Å². The Morgan fingerprint density at radius 1 is 1.06 bits per heavy atom. The Labute approximate surface area is 182 Å². The molecule has 1 aliphatic rings. The third-order valence-corrected chi connectivity index (χ3v) is 5.41. The monoisotopic (exact) mass is 446 g/mol. The molecule has 1 saturated heterocycles. The Morgan fingerprint density at radius 3 is 2.10 bits per heavy atom. The summed E-state index contributed by atoms with van der Waals surface area (Å²) in [5.41, 5.74) is 0.884. The number of hydrogen-bond acceptors (Lipinski definition) is 5. The number of piperazine rings is 1. The molecule has 7 nitrogen and oxygen atoms in total. The lowest BCUT2D eigenvalue weighted by molar-refractivity contribution is -0.181. The number of halogens is 3. The summed E-state index contributed by atoms with van der Waals surface area (Å²) in [6.45, 7) is 5.98. The Bertz CT molecular complexity index is 710. The molecule has 31 heavy (non-hydrogen) atoms. The number of rotatable bonds is 8. The molecule has 1 aromatic carbocycles. The van der Waals surface area contributed by atoms with Gasteiger partial charge in [-0.15, -0.1) is 0 Å². The van der Waals surface area contributed by atoms with Gasteiger partial charge in [0.2, 0.25) is 0 Å². The predicted octanol–water partition coefficient (Wildman–Crippen LogP) is 2.79. The number of benzene rings is 1. The molecule has 0 aliphatic carbocycles. The van der Waals surface area contributed by atoms with Crippen molar-refractivity contribution in [1.82, 2.24) is 15.1 Å². The van der Waals surface area contributed by atoms with Gasteiger partial charge in [0, 0.05) is 57.0 Å². The van der Waals surface area contributed by atoms with Crippen molar-refractivity contribution in [2.24, 2.45) is 4.99 Å². The largest absolute Gasteiger partial charge is 0.496 e. The summed E-state index contributed by atoms with van der Waals surface area (Å²) in [6, 6.07) is 2.16. The van der Waals surface area contributed by atoms with E-state index in [1.807, 2.05) is 11.8 Å². The number of hydrogen-bond donors (Lipinski definition) is 1. The first-order valence-corrected chi connectivity index (χ1v) is 10.4. The molecule has 0 aromatic heterocycles. The predicted molar refractivity (Wildman–Crippen MR) is 114 cm³/mol. The molecule has 1 N–H and O–H groups in total. The van der Waals surface area contributed by atoms with Crippen LogP contribution in [0.15, 0.2) is 17.1 Å². The van der Waals surface area contributed by atoms with Crippen molar-refractivity contribution in [2.75, 3.05) is 60.6 Å². The van der Waals surface area contributed by atoms with Crippen LogP contribution in [0.5, 0.6) is 17.2 Å². The van der Waals surface area contributed by atoms with Crippen LogP contribution in [0, 0.1) is 0 Å². The minimum Gasteiger partial charge on any atom is -0.496 e. The molecule has 1 heterocycles. The summed E-state index contributed by atoms with van der Waals surface area (Å²) in [6.07, 6.45) is -3.63. The van der Waals surface area contributed by atoms with Gasteiger partial charge in [0.05, 0.1) is 21.3 Å². The smallest absolute Gasteiger partial charge is 0.403 e. The number of aliphatic imine (C=N–C) groups is 1. The van der Waals surface area contributed by atoms with E-state index in [0.717, 1.165) is 5.56 Å². The molecule has 2 rings (SSSR count). The fraction of sp³-hybridized carbons (Fsp3) is 0.667. The van der Waals surface area contributed by atoms with Gasteiger partial charge < -0.3 is 24.4 Å². The van der Waals surface area contributed by atoms with E-state index in [1.165, 1.54) is 11.8 Å². The second-order valence-corrected chi connectivity index (χ2v) is 7.24. The van der Waals surface area contributed by atoms with E-state index in [0.29, 0.717) is 68.9 Å². The zero-order valence-corrected chi connectivity index (χ0v) is 18.9. The van der Waals surface area contributed by atoms with Crippen LogP contribution in [-0.4, -0.2) is 88.6 Å². The summed E-state index contributed by atoms with van der Waals surface area (Å²) in [4.78, 5) is 8.16. The van der Waals surface area contributed by atoms with Crippen LogP contribution in [-0.2, 0) is 6.42 Å². The van der Waals surface area contributed by atoms with Gasteiger partial charge >= 0.3 is 6.18 Å². The number of methoxy groups -OCH3 is 3. The Balaban J connectivity index is 2.06. The maximum Gasteiger partial charge on any atom is 0.403 e. The molecular formula is C21H33F3N4O3. The Hall–Kier alpha value is -2.36. The van der Waals surface area contributed by atoms with E-state index < -0.39 is 12.2 Å². The average Bonchev–Trinajstić information content (AvgIpc) is 2.77.